The predicted molar refractivity (Wildman–Crippen MR) is 114 cm³/mol. The molecule has 0 aliphatic carbocycles. The van der Waals surface area contributed by atoms with Crippen molar-refractivity contribution in [2.45, 2.75) is 39.7 Å². The van der Waals surface area contributed by atoms with Crippen molar-refractivity contribution in [1.82, 2.24) is 30.1 Å². The fourth-order valence-corrected chi connectivity index (χ4v) is 3.77. The summed E-state index contributed by atoms with van der Waals surface area (Å²) in [6.45, 7) is 7.40. The van der Waals surface area contributed by atoms with Crippen LogP contribution in [0.5, 0.6) is 0 Å². The van der Waals surface area contributed by atoms with Crippen molar-refractivity contribution in [2.24, 2.45) is 0 Å². The molecule has 1 fully saturated rings. The third-order valence-corrected chi connectivity index (χ3v) is 5.24. The highest BCUT2D eigenvalue weighted by Gasteiger charge is 2.23. The molecule has 1 amide bonds. The van der Waals surface area contributed by atoms with Gasteiger partial charge in [-0.2, -0.15) is 5.10 Å². The van der Waals surface area contributed by atoms with Crippen molar-refractivity contribution in [3.8, 4) is 5.69 Å². The molecule has 8 nitrogen and oxygen atoms in total. The van der Waals surface area contributed by atoms with Gasteiger partial charge in [0, 0.05) is 11.4 Å². The molecule has 1 aliphatic heterocycles. The summed E-state index contributed by atoms with van der Waals surface area (Å²) in [6, 6.07) is 6.66. The molecular formula is C20H25ClFN7O. The molecule has 0 atom stereocenters. The molecule has 0 saturated carbocycles. The molecule has 1 aromatic carbocycles. The van der Waals surface area contributed by atoms with Crippen LogP contribution >= 0.6 is 12.4 Å². The van der Waals surface area contributed by atoms with E-state index < -0.39 is 11.7 Å². The number of anilines is 1. The lowest BCUT2D eigenvalue weighted by molar-refractivity contribution is 0.102. The molecule has 4 rings (SSSR count). The summed E-state index contributed by atoms with van der Waals surface area (Å²) >= 11 is 0. The van der Waals surface area contributed by atoms with Crippen LogP contribution in [0.2, 0.25) is 0 Å². The molecule has 1 saturated heterocycles. The number of benzene rings is 1. The topological polar surface area (TPSA) is 89.7 Å². The van der Waals surface area contributed by atoms with E-state index >= 15 is 0 Å². The largest absolute Gasteiger partial charge is 0.320 e. The SMILES string of the molecule is Cc1cc(C)n(-c2ccc(NC(=O)c3nnn(C4CCNCC4)c3C)cc2F)n1.Cl. The Labute approximate surface area is 180 Å². The first-order valence-electron chi connectivity index (χ1n) is 9.71. The Morgan fingerprint density at radius 2 is 1.93 bits per heavy atom. The predicted octanol–water partition coefficient (Wildman–Crippen LogP) is 3.13. The molecule has 0 radical (unpaired) electrons. The second kappa shape index (κ2) is 8.93. The van der Waals surface area contributed by atoms with Crippen LogP contribution in [-0.2, 0) is 0 Å². The quantitative estimate of drug-likeness (QED) is 0.659. The number of nitrogens with zero attached hydrogens (tertiary/aromatic N) is 5. The van der Waals surface area contributed by atoms with Gasteiger partial charge in [0.25, 0.3) is 5.91 Å². The van der Waals surface area contributed by atoms with Crippen LogP contribution in [0.3, 0.4) is 0 Å². The molecule has 30 heavy (non-hydrogen) atoms. The van der Waals surface area contributed by atoms with E-state index in [-0.39, 0.29) is 24.1 Å². The maximum absolute atomic E-state index is 14.7. The average molecular weight is 434 g/mol. The number of halogens is 2. The summed E-state index contributed by atoms with van der Waals surface area (Å²) < 4.78 is 18.0. The fourth-order valence-electron chi connectivity index (χ4n) is 3.77. The van der Waals surface area contributed by atoms with Crippen molar-refractivity contribution in [3.05, 3.63) is 52.9 Å². The molecule has 2 N–H and O–H groups in total. The van der Waals surface area contributed by atoms with E-state index in [0.29, 0.717) is 17.1 Å². The molecule has 3 heterocycles. The number of carbonyl (C=O) groups is 1. The lowest BCUT2D eigenvalue weighted by Gasteiger charge is -2.23. The van der Waals surface area contributed by atoms with Crippen molar-refractivity contribution in [2.75, 3.05) is 18.4 Å². The third-order valence-electron chi connectivity index (χ3n) is 5.24. The van der Waals surface area contributed by atoms with Crippen molar-refractivity contribution >= 4 is 24.0 Å². The van der Waals surface area contributed by atoms with Crippen LogP contribution in [0, 0.1) is 26.6 Å². The van der Waals surface area contributed by atoms with E-state index in [1.807, 2.05) is 31.5 Å². The Morgan fingerprint density at radius 1 is 1.20 bits per heavy atom. The highest BCUT2D eigenvalue weighted by molar-refractivity contribution is 6.03. The lowest BCUT2D eigenvalue weighted by Crippen LogP contribution is -2.30. The van der Waals surface area contributed by atoms with Crippen molar-refractivity contribution < 1.29 is 9.18 Å². The molecular weight excluding hydrogens is 409 g/mol. The Balaban J connectivity index is 0.00000256. The minimum absolute atomic E-state index is 0. The Kier molecular flexibility index (Phi) is 6.52. The number of amides is 1. The maximum atomic E-state index is 14.7. The molecule has 10 heteroatoms. The van der Waals surface area contributed by atoms with Crippen molar-refractivity contribution in [1.29, 1.82) is 0 Å². The van der Waals surface area contributed by atoms with E-state index in [1.165, 1.54) is 6.07 Å². The molecule has 0 unspecified atom stereocenters. The summed E-state index contributed by atoms with van der Waals surface area (Å²) in [5.41, 5.74) is 3.31. The van der Waals surface area contributed by atoms with Gasteiger partial charge in [-0.15, -0.1) is 17.5 Å². The first-order valence-corrected chi connectivity index (χ1v) is 9.71. The van der Waals surface area contributed by atoms with Gasteiger partial charge in [-0.1, -0.05) is 5.21 Å². The van der Waals surface area contributed by atoms with Crippen molar-refractivity contribution in [3.63, 3.8) is 0 Å². The zero-order chi connectivity index (χ0) is 20.5. The van der Waals surface area contributed by atoms with Gasteiger partial charge >= 0.3 is 0 Å². The number of aromatic nitrogens is 5. The Bertz CT molecular complexity index is 1060. The van der Waals surface area contributed by atoms with Crippen LogP contribution in [0.1, 0.15) is 46.5 Å². The van der Waals surface area contributed by atoms with Gasteiger partial charge in [-0.3, -0.25) is 4.79 Å². The number of nitrogens with one attached hydrogen (secondary N) is 2. The highest BCUT2D eigenvalue weighted by Crippen LogP contribution is 2.22. The molecule has 0 spiro atoms. The molecule has 3 aromatic rings. The molecule has 1 aliphatic rings. The van der Waals surface area contributed by atoms with Gasteiger partial charge in [0.1, 0.15) is 5.69 Å². The van der Waals surface area contributed by atoms with Crippen LogP contribution in [-0.4, -0.2) is 43.8 Å². The summed E-state index contributed by atoms with van der Waals surface area (Å²) in [5, 5.41) is 18.6. The van der Waals surface area contributed by atoms with Gasteiger partial charge in [0.15, 0.2) is 11.5 Å². The number of aryl methyl sites for hydroxylation is 2. The van der Waals surface area contributed by atoms with E-state index in [0.717, 1.165) is 37.3 Å². The molecule has 2 aromatic heterocycles. The minimum Gasteiger partial charge on any atom is -0.320 e. The van der Waals surface area contributed by atoms with Crippen LogP contribution < -0.4 is 10.6 Å². The molecule has 0 bridgehead atoms. The smallest absolute Gasteiger partial charge is 0.278 e. The number of carbonyl (C=O) groups excluding carboxylic acids is 1. The number of hydrogen-bond acceptors (Lipinski definition) is 5. The van der Waals surface area contributed by atoms with Gasteiger partial charge in [-0.25, -0.2) is 13.8 Å². The standard InChI is InChI=1S/C20H24FN7O.ClH/c1-12-10-13(2)27(25-12)18-5-4-15(11-17(18)21)23-20(29)19-14(3)28(26-24-19)16-6-8-22-9-7-16;/h4-5,10-11,16,22H,6-9H2,1-3H3,(H,23,29);1H. The Hall–Kier alpha value is -2.78. The highest BCUT2D eigenvalue weighted by atomic mass is 35.5. The van der Waals surface area contributed by atoms with Gasteiger partial charge in [-0.05, 0) is 71.0 Å². The van der Waals surface area contributed by atoms with Crippen LogP contribution in [0.15, 0.2) is 24.3 Å². The number of piperidine rings is 1. The number of hydrogen-bond donors (Lipinski definition) is 2. The second-order valence-corrected chi connectivity index (χ2v) is 7.41. The van der Waals surface area contributed by atoms with Gasteiger partial charge in [0.05, 0.1) is 17.4 Å². The van der Waals surface area contributed by atoms with Gasteiger partial charge in [0.2, 0.25) is 0 Å². The third kappa shape index (κ3) is 4.22. The normalized spacial score (nSPS) is 14.4. The van der Waals surface area contributed by atoms with Crippen LogP contribution in [0.4, 0.5) is 10.1 Å². The first kappa shape index (κ1) is 21.9. The van der Waals surface area contributed by atoms with E-state index in [4.69, 9.17) is 0 Å². The monoisotopic (exact) mass is 433 g/mol. The maximum Gasteiger partial charge on any atom is 0.278 e. The van der Waals surface area contributed by atoms with Gasteiger partial charge < -0.3 is 10.6 Å². The molecule has 160 valence electrons. The first-order chi connectivity index (χ1) is 13.9. The summed E-state index contributed by atoms with van der Waals surface area (Å²) in [6.07, 6.45) is 1.90. The zero-order valence-corrected chi connectivity index (χ0v) is 18.0. The minimum atomic E-state index is -0.468. The van der Waals surface area contributed by atoms with E-state index in [2.05, 4.69) is 26.0 Å². The van der Waals surface area contributed by atoms with E-state index in [9.17, 15) is 9.18 Å². The summed E-state index contributed by atoms with van der Waals surface area (Å²) in [4.78, 5) is 12.7. The average Bonchev–Trinajstić information content (AvgIpc) is 3.24. The zero-order valence-electron chi connectivity index (χ0n) is 17.1. The summed E-state index contributed by atoms with van der Waals surface area (Å²) in [5.74, 6) is -0.870. The number of rotatable bonds is 4. The fraction of sp³-hybridized carbons (Fsp3) is 0.400. The van der Waals surface area contributed by atoms with Crippen LogP contribution in [0.25, 0.3) is 5.69 Å². The van der Waals surface area contributed by atoms with E-state index in [1.54, 1.807) is 16.8 Å². The lowest BCUT2D eigenvalue weighted by atomic mass is 10.1. The second-order valence-electron chi connectivity index (χ2n) is 7.41. The summed E-state index contributed by atoms with van der Waals surface area (Å²) in [7, 11) is 0. The Morgan fingerprint density at radius 3 is 2.57 bits per heavy atom.